The zero-order valence-corrected chi connectivity index (χ0v) is 9.47. The monoisotopic (exact) mass is 271 g/mol. The molecule has 0 spiro atoms. The van der Waals surface area contributed by atoms with Gasteiger partial charge in [0.2, 0.25) is 0 Å². The molecule has 2 aromatic rings. The van der Waals surface area contributed by atoms with E-state index >= 15 is 0 Å². The third kappa shape index (κ3) is 1.54. The summed E-state index contributed by atoms with van der Waals surface area (Å²) in [4.78, 5) is 0. The highest BCUT2D eigenvalue weighted by molar-refractivity contribution is 9.11. The Kier molecular flexibility index (Phi) is 2.53. The average Bonchev–Trinajstić information content (AvgIpc) is 2.47. The number of benzene rings is 1. The minimum absolute atomic E-state index is 0.491. The summed E-state index contributed by atoms with van der Waals surface area (Å²) in [5, 5.41) is 19.1. The summed E-state index contributed by atoms with van der Waals surface area (Å²) in [6.45, 7) is 0. The van der Waals surface area contributed by atoms with Crippen molar-refractivity contribution in [2.24, 2.45) is 0 Å². The van der Waals surface area contributed by atoms with Crippen molar-refractivity contribution in [1.29, 1.82) is 0 Å². The fraction of sp³-hybridized carbons (Fsp3) is 0. The van der Waals surface area contributed by atoms with Crippen LogP contribution in [-0.4, -0.2) is 17.2 Å². The molecule has 0 aliphatic heterocycles. The number of nitrogens with two attached hydrogens (primary N) is 1. The number of rotatable bonds is 1. The average molecular weight is 272 g/mol. The van der Waals surface area contributed by atoms with Gasteiger partial charge in [0.05, 0.1) is 3.79 Å². The third-order valence-electron chi connectivity index (χ3n) is 2.00. The summed E-state index contributed by atoms with van der Waals surface area (Å²) in [5.41, 5.74) is 6.90. The van der Waals surface area contributed by atoms with Crippen LogP contribution in [0.25, 0.3) is 10.1 Å². The van der Waals surface area contributed by atoms with Gasteiger partial charge in [-0.1, -0.05) is 6.07 Å². The van der Waals surface area contributed by atoms with Crippen LogP contribution in [0, 0.1) is 0 Å². The number of halogens is 1. The molecule has 0 aliphatic rings. The Labute approximate surface area is 93.4 Å². The fourth-order valence-corrected chi connectivity index (χ4v) is 3.00. The lowest BCUT2D eigenvalue weighted by molar-refractivity contribution is 0.426. The quantitative estimate of drug-likeness (QED) is 0.534. The molecular formula is C8H7BBrNO2S. The largest absolute Gasteiger partial charge is 0.489 e. The molecule has 0 aliphatic carbocycles. The van der Waals surface area contributed by atoms with Crippen molar-refractivity contribution >= 4 is 55.6 Å². The summed E-state index contributed by atoms with van der Waals surface area (Å²) in [6.07, 6.45) is 0. The van der Waals surface area contributed by atoms with Crippen LogP contribution in [0.3, 0.4) is 0 Å². The van der Waals surface area contributed by atoms with Gasteiger partial charge in [-0.3, -0.25) is 0 Å². The summed E-state index contributed by atoms with van der Waals surface area (Å²) in [7, 11) is -1.45. The summed E-state index contributed by atoms with van der Waals surface area (Å²) in [6, 6.07) is 5.18. The highest BCUT2D eigenvalue weighted by Gasteiger charge is 2.17. The second kappa shape index (κ2) is 3.54. The van der Waals surface area contributed by atoms with Crippen molar-refractivity contribution in [1.82, 2.24) is 0 Å². The molecule has 4 N–H and O–H groups in total. The van der Waals surface area contributed by atoms with Crippen molar-refractivity contribution in [3.05, 3.63) is 22.0 Å². The number of fused-ring (bicyclic) bond motifs is 1. The minimum Gasteiger partial charge on any atom is -0.423 e. The molecule has 6 heteroatoms. The minimum atomic E-state index is -1.45. The highest BCUT2D eigenvalue weighted by atomic mass is 79.9. The number of hydrogen-bond donors (Lipinski definition) is 3. The van der Waals surface area contributed by atoms with Crippen molar-refractivity contribution < 1.29 is 10.0 Å². The number of thiophene rings is 1. The molecule has 14 heavy (non-hydrogen) atoms. The van der Waals surface area contributed by atoms with Crippen LogP contribution in [-0.2, 0) is 0 Å². The Morgan fingerprint density at radius 2 is 2.07 bits per heavy atom. The molecule has 0 radical (unpaired) electrons. The van der Waals surface area contributed by atoms with Crippen LogP contribution < -0.4 is 11.2 Å². The maximum Gasteiger partial charge on any atom is 0.489 e. The molecule has 0 saturated carbocycles. The lowest BCUT2D eigenvalue weighted by Gasteiger charge is -2.02. The molecule has 0 fully saturated rings. The Bertz CT molecular complexity index is 485. The second-order valence-corrected chi connectivity index (χ2v) is 5.34. The van der Waals surface area contributed by atoms with E-state index in [1.165, 1.54) is 11.3 Å². The van der Waals surface area contributed by atoms with Crippen molar-refractivity contribution in [2.75, 3.05) is 5.73 Å². The molecule has 0 atom stereocenters. The first-order chi connectivity index (χ1) is 6.59. The van der Waals surface area contributed by atoms with Gasteiger partial charge in [0.15, 0.2) is 0 Å². The van der Waals surface area contributed by atoms with Crippen molar-refractivity contribution in [3.8, 4) is 0 Å². The van der Waals surface area contributed by atoms with Gasteiger partial charge in [-0.2, -0.15) is 0 Å². The van der Waals surface area contributed by atoms with E-state index in [1.54, 1.807) is 12.1 Å². The Morgan fingerprint density at radius 3 is 2.71 bits per heavy atom. The van der Waals surface area contributed by atoms with Gasteiger partial charge in [-0.25, -0.2) is 0 Å². The summed E-state index contributed by atoms with van der Waals surface area (Å²) in [5.74, 6) is 0. The molecule has 0 amide bonds. The Balaban J connectivity index is 2.81. The van der Waals surface area contributed by atoms with E-state index in [0.29, 0.717) is 11.2 Å². The van der Waals surface area contributed by atoms with Crippen LogP contribution in [0.1, 0.15) is 0 Å². The van der Waals surface area contributed by atoms with Crippen LogP contribution >= 0.6 is 27.3 Å². The van der Waals surface area contributed by atoms with Crippen LogP contribution in [0.4, 0.5) is 5.69 Å². The smallest absolute Gasteiger partial charge is 0.423 e. The topological polar surface area (TPSA) is 66.5 Å². The fourth-order valence-electron chi connectivity index (χ4n) is 1.34. The number of hydrogen-bond acceptors (Lipinski definition) is 4. The van der Waals surface area contributed by atoms with Gasteiger partial charge in [0, 0.05) is 21.2 Å². The van der Waals surface area contributed by atoms with Crippen LogP contribution in [0.5, 0.6) is 0 Å². The van der Waals surface area contributed by atoms with E-state index in [4.69, 9.17) is 15.8 Å². The summed E-state index contributed by atoms with van der Waals surface area (Å²) < 4.78 is 1.74. The maximum absolute atomic E-state index is 9.13. The first-order valence-electron chi connectivity index (χ1n) is 3.93. The molecular weight excluding hydrogens is 265 g/mol. The van der Waals surface area contributed by atoms with E-state index in [9.17, 15) is 0 Å². The van der Waals surface area contributed by atoms with Gasteiger partial charge in [-0.15, -0.1) is 11.3 Å². The van der Waals surface area contributed by atoms with Gasteiger partial charge in [-0.05, 0) is 28.1 Å². The van der Waals surface area contributed by atoms with Gasteiger partial charge in [0.25, 0.3) is 0 Å². The molecule has 0 bridgehead atoms. The van der Waals surface area contributed by atoms with Crippen molar-refractivity contribution in [3.63, 3.8) is 0 Å². The second-order valence-electron chi connectivity index (χ2n) is 2.91. The van der Waals surface area contributed by atoms with E-state index in [2.05, 4.69) is 15.9 Å². The molecule has 1 aromatic carbocycles. The lowest BCUT2D eigenvalue weighted by atomic mass is 9.79. The zero-order chi connectivity index (χ0) is 10.3. The molecule has 1 heterocycles. The highest BCUT2D eigenvalue weighted by Crippen LogP contribution is 2.31. The van der Waals surface area contributed by atoms with Crippen LogP contribution in [0.2, 0.25) is 0 Å². The first kappa shape index (κ1) is 9.98. The lowest BCUT2D eigenvalue weighted by Crippen LogP contribution is -2.29. The van der Waals surface area contributed by atoms with Gasteiger partial charge in [0.1, 0.15) is 0 Å². The normalized spacial score (nSPS) is 10.8. The van der Waals surface area contributed by atoms with E-state index in [-0.39, 0.29) is 0 Å². The maximum atomic E-state index is 9.13. The SMILES string of the molecule is Nc1ccc(B(O)O)c2sc(Br)cc12. The van der Waals surface area contributed by atoms with Gasteiger partial charge >= 0.3 is 7.12 Å². The molecule has 0 unspecified atom stereocenters. The van der Waals surface area contributed by atoms with Gasteiger partial charge < -0.3 is 15.8 Å². The summed E-state index contributed by atoms with van der Waals surface area (Å²) >= 11 is 4.78. The van der Waals surface area contributed by atoms with E-state index in [0.717, 1.165) is 13.9 Å². The Morgan fingerprint density at radius 1 is 1.36 bits per heavy atom. The molecule has 0 saturated heterocycles. The van der Waals surface area contributed by atoms with E-state index < -0.39 is 7.12 Å². The molecule has 3 nitrogen and oxygen atoms in total. The Hall–Kier alpha value is -0.555. The van der Waals surface area contributed by atoms with Crippen LogP contribution in [0.15, 0.2) is 22.0 Å². The predicted molar refractivity (Wildman–Crippen MR) is 63.8 cm³/mol. The first-order valence-corrected chi connectivity index (χ1v) is 5.54. The predicted octanol–water partition coefficient (Wildman–Crippen LogP) is 0.926. The molecule has 72 valence electrons. The standard InChI is InChI=1S/C8H7BBrNO2S/c10-7-3-4-6(11)2-1-5(9(12)13)8(4)14-7/h1-3,12-13H,11H2. The van der Waals surface area contributed by atoms with Crippen molar-refractivity contribution in [2.45, 2.75) is 0 Å². The zero-order valence-electron chi connectivity index (χ0n) is 7.07. The number of anilines is 1. The number of nitrogen functional groups attached to an aromatic ring is 1. The molecule has 1 aromatic heterocycles. The molecule has 2 rings (SSSR count). The van der Waals surface area contributed by atoms with E-state index in [1.807, 2.05) is 6.07 Å². The third-order valence-corrected chi connectivity index (χ3v) is 3.68.